The molecule has 0 aliphatic carbocycles. The molecule has 0 bridgehead atoms. The first-order valence-corrected chi connectivity index (χ1v) is 10.7. The van der Waals surface area contributed by atoms with Crippen LogP contribution in [0.3, 0.4) is 0 Å². The Morgan fingerprint density at radius 1 is 1.41 bits per heavy atom. The molecule has 1 fully saturated rings. The summed E-state index contributed by atoms with van der Waals surface area (Å²) in [6.45, 7) is 5.50. The minimum absolute atomic E-state index is 0.153. The number of H-pyrrole nitrogens is 1. The van der Waals surface area contributed by atoms with Crippen molar-refractivity contribution in [2.75, 3.05) is 25.0 Å². The lowest BCUT2D eigenvalue weighted by molar-refractivity contribution is -0.111. The van der Waals surface area contributed by atoms with Crippen LogP contribution >= 0.6 is 0 Å². The van der Waals surface area contributed by atoms with Gasteiger partial charge in [-0.05, 0) is 25.1 Å². The van der Waals surface area contributed by atoms with E-state index in [-0.39, 0.29) is 36.4 Å². The Morgan fingerprint density at radius 2 is 2.24 bits per heavy atom. The quantitative estimate of drug-likeness (QED) is 0.436. The Kier molecular flexibility index (Phi) is 6.55. The second kappa shape index (κ2) is 9.56. The number of likely N-dealkylation sites (tertiary alicyclic amines) is 1. The molecule has 3 aromatic rings. The number of aromatic nitrogens is 3. The second-order valence-electron chi connectivity index (χ2n) is 8.15. The first-order valence-electron chi connectivity index (χ1n) is 10.7. The highest BCUT2D eigenvalue weighted by molar-refractivity contribution is 6.04. The van der Waals surface area contributed by atoms with Gasteiger partial charge in [-0.3, -0.25) is 14.5 Å². The first kappa shape index (κ1) is 23.3. The lowest BCUT2D eigenvalue weighted by Gasteiger charge is -2.21. The van der Waals surface area contributed by atoms with Crippen molar-refractivity contribution in [3.63, 3.8) is 0 Å². The molecule has 3 N–H and O–H groups in total. The highest BCUT2D eigenvalue weighted by Gasteiger charge is 2.38. The Hall–Kier alpha value is -3.86. The molecule has 11 heteroatoms. The van der Waals surface area contributed by atoms with E-state index in [9.17, 15) is 18.4 Å². The highest BCUT2D eigenvalue weighted by Crippen LogP contribution is 2.27. The normalized spacial score (nSPS) is 16.2. The second-order valence-corrected chi connectivity index (χ2v) is 8.15. The van der Waals surface area contributed by atoms with E-state index in [0.29, 0.717) is 35.7 Å². The van der Waals surface area contributed by atoms with E-state index in [2.05, 4.69) is 32.2 Å². The number of amides is 2. The number of benzene rings is 1. The molecule has 34 heavy (non-hydrogen) atoms. The third kappa shape index (κ3) is 5.54. The fourth-order valence-corrected chi connectivity index (χ4v) is 3.75. The summed E-state index contributed by atoms with van der Waals surface area (Å²) in [5, 5.41) is 5.47. The average Bonchev–Trinajstić information content (AvgIpc) is 3.35. The molecule has 3 heterocycles. The van der Waals surface area contributed by atoms with Gasteiger partial charge in [-0.2, -0.15) is 0 Å². The number of ether oxygens (including phenoxy) is 1. The molecule has 0 radical (unpaired) electrons. The molecule has 0 spiro atoms. The Bertz CT molecular complexity index is 1230. The van der Waals surface area contributed by atoms with Crippen molar-refractivity contribution in [2.45, 2.75) is 25.3 Å². The van der Waals surface area contributed by atoms with Crippen molar-refractivity contribution < 1.29 is 23.1 Å². The van der Waals surface area contributed by atoms with Crippen LogP contribution in [-0.4, -0.2) is 63.3 Å². The maximum absolute atomic E-state index is 13.4. The fourth-order valence-electron chi connectivity index (χ4n) is 3.75. The summed E-state index contributed by atoms with van der Waals surface area (Å²) >= 11 is 0. The number of aromatic amines is 1. The molecular weight excluding hydrogens is 446 g/mol. The van der Waals surface area contributed by atoms with E-state index in [4.69, 9.17) is 4.74 Å². The predicted molar refractivity (Wildman–Crippen MR) is 122 cm³/mol. The van der Waals surface area contributed by atoms with Gasteiger partial charge in [-0.15, -0.1) is 0 Å². The van der Waals surface area contributed by atoms with E-state index in [1.165, 1.54) is 12.4 Å². The number of anilines is 1. The van der Waals surface area contributed by atoms with Crippen molar-refractivity contribution in [1.82, 2.24) is 25.2 Å². The zero-order chi connectivity index (χ0) is 24.3. The van der Waals surface area contributed by atoms with Crippen LogP contribution in [0.1, 0.15) is 23.7 Å². The maximum Gasteiger partial charge on any atom is 0.261 e. The summed E-state index contributed by atoms with van der Waals surface area (Å²) in [5.74, 6) is -2.86. The van der Waals surface area contributed by atoms with Gasteiger partial charge in [0.2, 0.25) is 11.8 Å². The van der Waals surface area contributed by atoms with Crippen LogP contribution in [-0.2, 0) is 4.79 Å². The number of alkyl halides is 2. The predicted octanol–water partition coefficient (Wildman–Crippen LogP) is 3.33. The number of halogens is 2. The third-order valence-electron chi connectivity index (χ3n) is 5.27. The van der Waals surface area contributed by atoms with Gasteiger partial charge in [0.05, 0.1) is 18.3 Å². The molecule has 2 aromatic heterocycles. The number of carbonyl (C=O) groups excluding carboxylic acids is 2. The summed E-state index contributed by atoms with van der Waals surface area (Å²) in [5.41, 5.74) is 1.49. The van der Waals surface area contributed by atoms with Crippen LogP contribution in [0.4, 0.5) is 14.5 Å². The number of hydrogen-bond acceptors (Lipinski definition) is 6. The van der Waals surface area contributed by atoms with Crippen molar-refractivity contribution >= 4 is 28.7 Å². The van der Waals surface area contributed by atoms with Crippen molar-refractivity contribution in [3.8, 4) is 11.6 Å². The van der Waals surface area contributed by atoms with Crippen LogP contribution in [0.25, 0.3) is 11.2 Å². The minimum atomic E-state index is -2.68. The topological polar surface area (TPSA) is 112 Å². The molecule has 2 amide bonds. The third-order valence-corrected chi connectivity index (χ3v) is 5.27. The van der Waals surface area contributed by atoms with Crippen LogP contribution in [0.2, 0.25) is 0 Å². The average molecular weight is 470 g/mol. The van der Waals surface area contributed by atoms with Gasteiger partial charge in [0, 0.05) is 43.5 Å². The van der Waals surface area contributed by atoms with Crippen LogP contribution in [0.15, 0.2) is 49.3 Å². The molecule has 9 nitrogen and oxygen atoms in total. The lowest BCUT2D eigenvalue weighted by Crippen LogP contribution is -2.41. The highest BCUT2D eigenvalue weighted by atomic mass is 19.3. The monoisotopic (exact) mass is 470 g/mol. The van der Waals surface area contributed by atoms with Gasteiger partial charge < -0.3 is 20.4 Å². The minimum Gasteiger partial charge on any atom is -0.437 e. The van der Waals surface area contributed by atoms with E-state index in [1.54, 1.807) is 36.1 Å². The van der Waals surface area contributed by atoms with Crippen LogP contribution < -0.4 is 15.4 Å². The molecule has 1 atom stereocenters. The molecule has 1 aromatic carbocycles. The van der Waals surface area contributed by atoms with Gasteiger partial charge in [0.1, 0.15) is 11.3 Å². The van der Waals surface area contributed by atoms with Crippen LogP contribution in [0, 0.1) is 0 Å². The smallest absolute Gasteiger partial charge is 0.261 e. The van der Waals surface area contributed by atoms with Gasteiger partial charge in [0.25, 0.3) is 11.8 Å². The Balaban J connectivity index is 1.45. The van der Waals surface area contributed by atoms with Gasteiger partial charge >= 0.3 is 0 Å². The van der Waals surface area contributed by atoms with Crippen LogP contribution in [0.5, 0.6) is 11.6 Å². The van der Waals surface area contributed by atoms with E-state index >= 15 is 0 Å². The summed E-state index contributed by atoms with van der Waals surface area (Å²) < 4.78 is 32.6. The van der Waals surface area contributed by atoms with E-state index in [0.717, 1.165) is 6.08 Å². The molecule has 1 aliphatic heterocycles. The fraction of sp³-hybridized carbons (Fsp3) is 0.304. The van der Waals surface area contributed by atoms with Gasteiger partial charge in [0.15, 0.2) is 5.65 Å². The molecule has 4 rings (SSSR count). The lowest BCUT2D eigenvalue weighted by atomic mass is 10.2. The standard InChI is InChI=1S/C23H24F2N6O3/c1-3-18(32)29-15-5-4-6-16(9-15)34-19-11-27-21-20(30-19)17(10-26-21)22(33)28-14(2)12-31-8-7-23(24,25)13-31/h3-6,9-11,14H,1,7-8,12-13H2,2H3,(H,26,27)(H,28,33)(H,29,32)/t14-/m1/s1. The number of nitrogens with one attached hydrogen (secondary N) is 3. The molecule has 0 unspecified atom stereocenters. The molecule has 1 aliphatic rings. The van der Waals surface area contributed by atoms with E-state index < -0.39 is 11.8 Å². The SMILES string of the molecule is C=CC(=O)Nc1cccc(Oc2cnc3[nH]cc(C(=O)N[C@H](C)CN4CCC(F)(F)C4)c3n2)c1. The first-order chi connectivity index (χ1) is 16.2. The molecule has 178 valence electrons. The summed E-state index contributed by atoms with van der Waals surface area (Å²) in [7, 11) is 0. The van der Waals surface area contributed by atoms with Crippen molar-refractivity contribution in [1.29, 1.82) is 0 Å². The molecule has 1 saturated heterocycles. The Morgan fingerprint density at radius 3 is 2.97 bits per heavy atom. The Labute approximate surface area is 194 Å². The number of fused-ring (bicyclic) bond motifs is 1. The van der Waals surface area contributed by atoms with E-state index in [1.807, 2.05) is 0 Å². The van der Waals surface area contributed by atoms with Crippen molar-refractivity contribution in [3.05, 3.63) is 54.9 Å². The zero-order valence-electron chi connectivity index (χ0n) is 18.5. The largest absolute Gasteiger partial charge is 0.437 e. The van der Waals surface area contributed by atoms with Crippen molar-refractivity contribution in [2.24, 2.45) is 0 Å². The summed E-state index contributed by atoms with van der Waals surface area (Å²) in [6.07, 6.45) is 3.89. The number of hydrogen-bond donors (Lipinski definition) is 3. The number of carbonyl (C=O) groups is 2. The van der Waals surface area contributed by atoms with Gasteiger partial charge in [-0.25, -0.2) is 18.7 Å². The molecular formula is C23H24F2N6O3. The summed E-state index contributed by atoms with van der Waals surface area (Å²) in [4.78, 5) is 37.5. The summed E-state index contributed by atoms with van der Waals surface area (Å²) in [6, 6.07) is 6.35. The number of rotatable bonds is 8. The number of nitrogens with zero attached hydrogens (tertiary/aromatic N) is 3. The maximum atomic E-state index is 13.4. The zero-order valence-corrected chi connectivity index (χ0v) is 18.5. The molecule has 0 saturated carbocycles. The van der Waals surface area contributed by atoms with Gasteiger partial charge in [-0.1, -0.05) is 12.6 Å².